The van der Waals surface area contributed by atoms with Crippen molar-refractivity contribution in [2.24, 2.45) is 0 Å². The van der Waals surface area contributed by atoms with Crippen molar-refractivity contribution in [3.05, 3.63) is 48.5 Å². The molecule has 0 bridgehead atoms. The van der Waals surface area contributed by atoms with Crippen molar-refractivity contribution in [1.29, 1.82) is 0 Å². The van der Waals surface area contributed by atoms with Gasteiger partial charge in [0, 0.05) is 20.2 Å². The Hall–Kier alpha value is -1.34. The quantitative estimate of drug-likeness (QED) is 0.451. The molecule has 3 rings (SSSR count). The minimum Gasteiger partial charge on any atom is -0.135 e. The van der Waals surface area contributed by atoms with Crippen LogP contribution in [0.25, 0.3) is 20.2 Å². The summed E-state index contributed by atoms with van der Waals surface area (Å²) in [5.74, 6) is 0. The van der Waals surface area contributed by atoms with Crippen LogP contribution in [0.3, 0.4) is 0 Å². The third-order valence-electron chi connectivity index (χ3n) is 3.49. The van der Waals surface area contributed by atoms with E-state index < -0.39 is 0 Å². The van der Waals surface area contributed by atoms with E-state index in [-0.39, 0.29) is 0 Å². The Labute approximate surface area is 126 Å². The Morgan fingerprint density at radius 1 is 0.650 bits per heavy atom. The largest absolute Gasteiger partial charge is 0.135 e. The van der Waals surface area contributed by atoms with Gasteiger partial charge in [0.1, 0.15) is 0 Å². The second-order valence-corrected chi connectivity index (χ2v) is 6.24. The second-order valence-electron chi connectivity index (χ2n) is 5.16. The lowest BCUT2D eigenvalue weighted by Gasteiger charge is -1.90. The molecule has 0 spiro atoms. The van der Waals surface area contributed by atoms with Gasteiger partial charge in [-0.15, -0.1) is 11.3 Å². The summed E-state index contributed by atoms with van der Waals surface area (Å²) in [5.41, 5.74) is 0. The maximum Gasteiger partial charge on any atom is 0.0355 e. The molecule has 0 aliphatic heterocycles. The average molecular weight is 284 g/mol. The zero-order chi connectivity index (χ0) is 14.2. The van der Waals surface area contributed by atoms with Crippen molar-refractivity contribution in [3.63, 3.8) is 0 Å². The summed E-state index contributed by atoms with van der Waals surface area (Å²) in [6, 6.07) is 17.1. The molecule has 0 aliphatic carbocycles. The van der Waals surface area contributed by atoms with Crippen LogP contribution in [0.1, 0.15) is 46.0 Å². The Kier molecular flexibility index (Phi) is 6.07. The standard InChI is InChI=1S/C12H8S.C7H16/c1-3-7-11-9(5-1)10-6-2-4-8-12(10)13-11;1-3-5-7-6-4-2/h1-8H;3-7H2,1-2H3. The highest BCUT2D eigenvalue weighted by molar-refractivity contribution is 7.25. The first-order chi connectivity index (χ1) is 9.86. The predicted molar refractivity (Wildman–Crippen MR) is 93.8 cm³/mol. The SMILES string of the molecule is CCCCCCC.c1ccc2c(c1)sc1ccccc12. The van der Waals surface area contributed by atoms with E-state index in [4.69, 9.17) is 0 Å². The van der Waals surface area contributed by atoms with Crippen molar-refractivity contribution >= 4 is 31.5 Å². The van der Waals surface area contributed by atoms with Crippen LogP contribution in [0.15, 0.2) is 48.5 Å². The highest BCUT2D eigenvalue weighted by Crippen LogP contribution is 2.32. The highest BCUT2D eigenvalue weighted by atomic mass is 32.1. The van der Waals surface area contributed by atoms with Crippen molar-refractivity contribution in [2.45, 2.75) is 46.0 Å². The predicted octanol–water partition coefficient (Wildman–Crippen LogP) is 7.03. The van der Waals surface area contributed by atoms with Crippen LogP contribution in [0, 0.1) is 0 Å². The fourth-order valence-corrected chi connectivity index (χ4v) is 3.46. The van der Waals surface area contributed by atoms with E-state index in [1.54, 1.807) is 0 Å². The van der Waals surface area contributed by atoms with Crippen LogP contribution in [0.5, 0.6) is 0 Å². The van der Waals surface area contributed by atoms with E-state index in [0.29, 0.717) is 0 Å². The van der Waals surface area contributed by atoms with Crippen LogP contribution >= 0.6 is 11.3 Å². The Morgan fingerprint density at radius 2 is 1.10 bits per heavy atom. The van der Waals surface area contributed by atoms with E-state index in [9.17, 15) is 0 Å². The van der Waals surface area contributed by atoms with Gasteiger partial charge in [0.25, 0.3) is 0 Å². The lowest BCUT2D eigenvalue weighted by molar-refractivity contribution is 0.656. The topological polar surface area (TPSA) is 0 Å². The van der Waals surface area contributed by atoms with Crippen LogP contribution in [-0.4, -0.2) is 0 Å². The van der Waals surface area contributed by atoms with Crippen molar-refractivity contribution in [2.75, 3.05) is 0 Å². The molecule has 0 saturated heterocycles. The molecule has 106 valence electrons. The van der Waals surface area contributed by atoms with Crippen molar-refractivity contribution < 1.29 is 0 Å². The summed E-state index contributed by atoms with van der Waals surface area (Å²) in [5, 5.41) is 2.76. The van der Waals surface area contributed by atoms with Gasteiger partial charge in [0.2, 0.25) is 0 Å². The fraction of sp³-hybridized carbons (Fsp3) is 0.368. The molecule has 1 aromatic heterocycles. The zero-order valence-electron chi connectivity index (χ0n) is 12.6. The molecule has 0 amide bonds. The summed E-state index contributed by atoms with van der Waals surface area (Å²) in [6.07, 6.45) is 7.01. The van der Waals surface area contributed by atoms with Gasteiger partial charge < -0.3 is 0 Å². The second kappa shape index (κ2) is 8.06. The maximum atomic E-state index is 2.25. The first kappa shape index (κ1) is 15.1. The fourth-order valence-electron chi connectivity index (χ4n) is 2.35. The van der Waals surface area contributed by atoms with Gasteiger partial charge in [-0.1, -0.05) is 82.3 Å². The first-order valence-corrected chi connectivity index (χ1v) is 8.54. The number of hydrogen-bond acceptors (Lipinski definition) is 1. The van der Waals surface area contributed by atoms with Crippen LogP contribution in [0.4, 0.5) is 0 Å². The normalized spacial score (nSPS) is 10.5. The number of rotatable bonds is 4. The van der Waals surface area contributed by atoms with E-state index in [2.05, 4.69) is 62.4 Å². The lowest BCUT2D eigenvalue weighted by Crippen LogP contribution is -1.70. The summed E-state index contributed by atoms with van der Waals surface area (Å²) in [6.45, 7) is 4.49. The summed E-state index contributed by atoms with van der Waals surface area (Å²) >= 11 is 1.86. The molecule has 0 aliphatic rings. The Morgan fingerprint density at radius 3 is 1.55 bits per heavy atom. The number of hydrogen-bond donors (Lipinski definition) is 0. The number of unbranched alkanes of at least 4 members (excludes halogenated alkanes) is 4. The Bertz CT molecular complexity index is 582. The third-order valence-corrected chi connectivity index (χ3v) is 4.64. The molecule has 1 heteroatoms. The number of benzene rings is 2. The van der Waals surface area contributed by atoms with Gasteiger partial charge in [-0.25, -0.2) is 0 Å². The molecule has 0 nitrogen and oxygen atoms in total. The van der Waals surface area contributed by atoms with Gasteiger partial charge in [0.15, 0.2) is 0 Å². The summed E-state index contributed by atoms with van der Waals surface area (Å²) in [7, 11) is 0. The number of fused-ring (bicyclic) bond motifs is 3. The zero-order valence-corrected chi connectivity index (χ0v) is 13.4. The molecule has 0 radical (unpaired) electrons. The Balaban J connectivity index is 0.000000182. The van der Waals surface area contributed by atoms with Crippen LogP contribution < -0.4 is 0 Å². The molecule has 2 aromatic carbocycles. The summed E-state index contributed by atoms with van der Waals surface area (Å²) < 4.78 is 2.76. The van der Waals surface area contributed by atoms with Crippen molar-refractivity contribution in [3.8, 4) is 0 Å². The van der Waals surface area contributed by atoms with E-state index in [0.717, 1.165) is 0 Å². The van der Waals surface area contributed by atoms with E-state index >= 15 is 0 Å². The minimum atomic E-state index is 1.36. The molecule has 20 heavy (non-hydrogen) atoms. The van der Waals surface area contributed by atoms with Gasteiger partial charge in [0.05, 0.1) is 0 Å². The average Bonchev–Trinajstić information content (AvgIpc) is 2.87. The van der Waals surface area contributed by atoms with Gasteiger partial charge >= 0.3 is 0 Å². The van der Waals surface area contributed by atoms with Crippen LogP contribution in [-0.2, 0) is 0 Å². The molecular weight excluding hydrogens is 260 g/mol. The lowest BCUT2D eigenvalue weighted by atomic mass is 10.2. The summed E-state index contributed by atoms with van der Waals surface area (Å²) in [4.78, 5) is 0. The van der Waals surface area contributed by atoms with E-state index in [1.807, 2.05) is 11.3 Å². The highest BCUT2D eigenvalue weighted by Gasteiger charge is 2.01. The van der Waals surface area contributed by atoms with Crippen molar-refractivity contribution in [1.82, 2.24) is 0 Å². The minimum absolute atomic E-state index is 1.36. The molecule has 0 unspecified atom stereocenters. The van der Waals surface area contributed by atoms with Gasteiger partial charge in [-0.05, 0) is 12.1 Å². The van der Waals surface area contributed by atoms with Gasteiger partial charge in [-0.2, -0.15) is 0 Å². The third kappa shape index (κ3) is 3.83. The molecule has 1 heterocycles. The van der Waals surface area contributed by atoms with Crippen LogP contribution in [0.2, 0.25) is 0 Å². The molecular formula is C19H24S. The molecule has 0 atom stereocenters. The van der Waals surface area contributed by atoms with E-state index in [1.165, 1.54) is 52.3 Å². The number of thiophene rings is 1. The molecule has 0 saturated carbocycles. The first-order valence-electron chi connectivity index (χ1n) is 7.73. The monoisotopic (exact) mass is 284 g/mol. The molecule has 0 fully saturated rings. The molecule has 3 aromatic rings. The smallest absolute Gasteiger partial charge is 0.0355 e. The molecule has 0 N–H and O–H groups in total. The maximum absolute atomic E-state index is 2.25. The van der Waals surface area contributed by atoms with Gasteiger partial charge in [-0.3, -0.25) is 0 Å².